The Hall–Kier alpha value is -1.52. The van der Waals surface area contributed by atoms with E-state index in [1.807, 2.05) is 18.2 Å². The van der Waals surface area contributed by atoms with Gasteiger partial charge in [0.15, 0.2) is 0 Å². The Bertz CT molecular complexity index is 878. The van der Waals surface area contributed by atoms with Crippen molar-refractivity contribution in [2.45, 2.75) is 52.4 Å². The van der Waals surface area contributed by atoms with E-state index in [-0.39, 0.29) is 5.82 Å². The highest BCUT2D eigenvalue weighted by Crippen LogP contribution is 2.33. The van der Waals surface area contributed by atoms with Gasteiger partial charge in [-0.3, -0.25) is 0 Å². The van der Waals surface area contributed by atoms with Crippen LogP contribution in [0.3, 0.4) is 0 Å². The largest absolute Gasteiger partial charge is 0.206 e. The van der Waals surface area contributed by atoms with Crippen LogP contribution in [0.2, 0.25) is 5.02 Å². The summed E-state index contributed by atoms with van der Waals surface area (Å²) >= 11 is 7.25. The van der Waals surface area contributed by atoms with Gasteiger partial charge in [0.1, 0.15) is 16.9 Å². The fraction of sp³-hybridized carbons (Fsp3) is 0.429. The fourth-order valence-corrected chi connectivity index (χ4v) is 4.22. The Morgan fingerprint density at radius 1 is 1.04 bits per heavy atom. The first-order chi connectivity index (χ1) is 12.6. The maximum Gasteiger partial charge on any atom is 0.131 e. The Balaban J connectivity index is 1.79. The van der Waals surface area contributed by atoms with Crippen LogP contribution in [0, 0.1) is 11.7 Å². The minimum atomic E-state index is -0.208. The van der Waals surface area contributed by atoms with Gasteiger partial charge in [-0.05, 0) is 36.5 Å². The highest BCUT2D eigenvalue weighted by atomic mass is 35.5. The lowest BCUT2D eigenvalue weighted by molar-refractivity contribution is 0.421. The number of aromatic nitrogens is 2. The number of hydrogen-bond acceptors (Lipinski definition) is 3. The number of aryl methyl sites for hydroxylation is 1. The molecule has 26 heavy (non-hydrogen) atoms. The van der Waals surface area contributed by atoms with Gasteiger partial charge in [-0.25, -0.2) is 4.39 Å². The van der Waals surface area contributed by atoms with Gasteiger partial charge < -0.3 is 0 Å². The molecule has 2 aromatic carbocycles. The predicted octanol–water partition coefficient (Wildman–Crippen LogP) is 7.30. The van der Waals surface area contributed by atoms with Crippen LogP contribution < -0.4 is 0 Å². The van der Waals surface area contributed by atoms with Crippen LogP contribution in [0.1, 0.15) is 51.5 Å². The lowest BCUT2D eigenvalue weighted by Crippen LogP contribution is -2.01. The minimum absolute atomic E-state index is 0.208. The summed E-state index contributed by atoms with van der Waals surface area (Å²) in [5.41, 5.74) is 3.67. The first kappa shape index (κ1) is 19.2. The van der Waals surface area contributed by atoms with E-state index >= 15 is 0 Å². The molecule has 0 fully saturated rings. The van der Waals surface area contributed by atoms with Crippen molar-refractivity contribution in [2.75, 3.05) is 0 Å². The maximum atomic E-state index is 14.8. The summed E-state index contributed by atoms with van der Waals surface area (Å²) in [6.07, 6.45) is 7.03. The van der Waals surface area contributed by atoms with Crippen LogP contribution in [0.5, 0.6) is 0 Å². The van der Waals surface area contributed by atoms with Crippen molar-refractivity contribution in [3.8, 4) is 11.1 Å². The molecule has 0 N–H and O–H groups in total. The summed E-state index contributed by atoms with van der Waals surface area (Å²) in [5, 5.41) is 0.548. The third kappa shape index (κ3) is 4.24. The molecule has 0 radical (unpaired) electrons. The standard InChI is InChI=1S/C21H24ClFN2S/c1-3-5-6-14(4-2)7-8-15-9-10-16(19(23)13-15)17-11-12-18(22)21-20(17)24-26-25-21/h9-14H,3-8H2,1-2H3. The molecule has 1 heterocycles. The van der Waals surface area contributed by atoms with Crippen LogP contribution in [0.4, 0.5) is 4.39 Å². The molecule has 1 aromatic heterocycles. The zero-order chi connectivity index (χ0) is 18.5. The molecule has 1 unspecified atom stereocenters. The fourth-order valence-electron chi connectivity index (χ4n) is 3.40. The molecule has 0 aliphatic carbocycles. The number of hydrogen-bond donors (Lipinski definition) is 0. The zero-order valence-electron chi connectivity index (χ0n) is 15.3. The smallest absolute Gasteiger partial charge is 0.131 e. The van der Waals surface area contributed by atoms with Crippen LogP contribution in [-0.2, 0) is 6.42 Å². The second-order valence-corrected chi connectivity index (χ2v) is 7.76. The molecule has 3 aromatic rings. The summed E-state index contributed by atoms with van der Waals surface area (Å²) in [6, 6.07) is 9.14. The molecule has 0 aliphatic rings. The first-order valence-electron chi connectivity index (χ1n) is 9.33. The molecule has 0 amide bonds. The molecule has 0 saturated heterocycles. The summed E-state index contributed by atoms with van der Waals surface area (Å²) in [6.45, 7) is 4.48. The van der Waals surface area contributed by atoms with E-state index in [4.69, 9.17) is 11.6 Å². The van der Waals surface area contributed by atoms with Crippen LogP contribution >= 0.6 is 23.3 Å². The van der Waals surface area contributed by atoms with E-state index in [1.165, 1.54) is 25.7 Å². The molecule has 0 aliphatic heterocycles. The molecular weight excluding hydrogens is 367 g/mol. The van der Waals surface area contributed by atoms with E-state index in [0.717, 1.165) is 41.6 Å². The number of nitrogens with zero attached hydrogens (tertiary/aromatic N) is 2. The van der Waals surface area contributed by atoms with Crippen molar-refractivity contribution in [1.82, 2.24) is 8.75 Å². The van der Waals surface area contributed by atoms with E-state index in [0.29, 0.717) is 21.6 Å². The third-order valence-electron chi connectivity index (χ3n) is 5.07. The van der Waals surface area contributed by atoms with Gasteiger partial charge in [-0.15, -0.1) is 0 Å². The topological polar surface area (TPSA) is 25.8 Å². The summed E-state index contributed by atoms with van der Waals surface area (Å²) in [7, 11) is 0. The third-order valence-corrected chi connectivity index (χ3v) is 5.91. The zero-order valence-corrected chi connectivity index (χ0v) is 16.8. The van der Waals surface area contributed by atoms with E-state index < -0.39 is 0 Å². The van der Waals surface area contributed by atoms with E-state index in [2.05, 4.69) is 22.6 Å². The van der Waals surface area contributed by atoms with Gasteiger partial charge in [0, 0.05) is 11.1 Å². The van der Waals surface area contributed by atoms with Gasteiger partial charge in [0.05, 0.1) is 16.8 Å². The van der Waals surface area contributed by atoms with Gasteiger partial charge in [-0.1, -0.05) is 69.3 Å². The maximum absolute atomic E-state index is 14.8. The van der Waals surface area contributed by atoms with Crippen molar-refractivity contribution < 1.29 is 4.39 Å². The van der Waals surface area contributed by atoms with Crippen molar-refractivity contribution in [3.63, 3.8) is 0 Å². The summed E-state index contributed by atoms with van der Waals surface area (Å²) < 4.78 is 23.3. The monoisotopic (exact) mass is 390 g/mol. The normalized spacial score (nSPS) is 12.6. The average molecular weight is 391 g/mol. The highest BCUT2D eigenvalue weighted by Gasteiger charge is 2.15. The SMILES string of the molecule is CCCCC(CC)CCc1ccc(-c2ccc(Cl)c3nsnc23)c(F)c1. The first-order valence-corrected chi connectivity index (χ1v) is 10.4. The number of benzene rings is 2. The average Bonchev–Trinajstić information content (AvgIpc) is 3.14. The molecule has 2 nitrogen and oxygen atoms in total. The van der Waals surface area contributed by atoms with Crippen LogP contribution in [-0.4, -0.2) is 8.75 Å². The molecule has 138 valence electrons. The Morgan fingerprint density at radius 3 is 2.54 bits per heavy atom. The molecular formula is C21H24ClFN2S. The number of halogens is 2. The summed E-state index contributed by atoms with van der Waals surface area (Å²) in [4.78, 5) is 0. The van der Waals surface area contributed by atoms with Gasteiger partial charge in [-0.2, -0.15) is 8.75 Å². The quantitative estimate of drug-likeness (QED) is 0.403. The number of unbranched alkanes of at least 4 members (excludes halogenated alkanes) is 1. The van der Waals surface area contributed by atoms with E-state index in [9.17, 15) is 4.39 Å². The second kappa shape index (κ2) is 8.92. The Morgan fingerprint density at radius 2 is 1.81 bits per heavy atom. The lowest BCUT2D eigenvalue weighted by atomic mass is 9.92. The van der Waals surface area contributed by atoms with Crippen molar-refractivity contribution in [1.29, 1.82) is 0 Å². The predicted molar refractivity (Wildman–Crippen MR) is 109 cm³/mol. The molecule has 5 heteroatoms. The Labute approximate surface area is 163 Å². The molecule has 1 atom stereocenters. The molecule has 0 bridgehead atoms. The van der Waals surface area contributed by atoms with Crippen LogP contribution in [0.15, 0.2) is 30.3 Å². The number of fused-ring (bicyclic) bond motifs is 1. The second-order valence-electron chi connectivity index (χ2n) is 6.83. The van der Waals surface area contributed by atoms with Gasteiger partial charge in [0.25, 0.3) is 0 Å². The molecule has 0 spiro atoms. The van der Waals surface area contributed by atoms with Gasteiger partial charge in [0.2, 0.25) is 0 Å². The van der Waals surface area contributed by atoms with Crippen molar-refractivity contribution in [2.24, 2.45) is 5.92 Å². The Kier molecular flexibility index (Phi) is 6.60. The number of rotatable bonds is 8. The van der Waals surface area contributed by atoms with Gasteiger partial charge >= 0.3 is 0 Å². The molecule has 0 saturated carbocycles. The lowest BCUT2D eigenvalue weighted by Gasteiger charge is -2.14. The van der Waals surface area contributed by atoms with Crippen molar-refractivity contribution >= 4 is 34.4 Å². The van der Waals surface area contributed by atoms with Crippen LogP contribution in [0.25, 0.3) is 22.2 Å². The van der Waals surface area contributed by atoms with E-state index in [1.54, 1.807) is 12.1 Å². The summed E-state index contributed by atoms with van der Waals surface area (Å²) in [5.74, 6) is 0.524. The minimum Gasteiger partial charge on any atom is -0.206 e. The van der Waals surface area contributed by atoms with Crippen molar-refractivity contribution in [3.05, 3.63) is 46.7 Å². The highest BCUT2D eigenvalue weighted by molar-refractivity contribution is 7.00. The molecule has 3 rings (SSSR count).